The fourth-order valence-electron chi connectivity index (χ4n) is 2.69. The number of anilines is 3. The van der Waals surface area contributed by atoms with Gasteiger partial charge >= 0.3 is 12.2 Å². The lowest BCUT2D eigenvalue weighted by Crippen LogP contribution is -2.20. The van der Waals surface area contributed by atoms with Crippen LogP contribution in [-0.2, 0) is 6.18 Å². The maximum Gasteiger partial charge on any atom is 0.416 e. The minimum absolute atomic E-state index is 0.0557. The van der Waals surface area contributed by atoms with Gasteiger partial charge in [-0.3, -0.25) is 0 Å². The summed E-state index contributed by atoms with van der Waals surface area (Å²) in [5.74, 6) is 0. The second-order valence-electron chi connectivity index (χ2n) is 5.89. The molecule has 0 aliphatic carbocycles. The molecule has 0 fully saturated rings. The number of hydrogen-bond acceptors (Lipinski definition) is 2. The van der Waals surface area contributed by atoms with E-state index < -0.39 is 17.8 Å². The molecule has 148 valence electrons. The molecule has 0 heterocycles. The van der Waals surface area contributed by atoms with E-state index in [9.17, 15) is 18.0 Å². The van der Waals surface area contributed by atoms with E-state index in [4.69, 9.17) is 5.73 Å². The number of hydrogen-bond donors (Lipinski definition) is 3. The van der Waals surface area contributed by atoms with E-state index in [1.807, 2.05) is 26.0 Å². The molecule has 2 amide bonds. The smallest absolute Gasteiger partial charge is 0.399 e. The highest BCUT2D eigenvalue weighted by molar-refractivity contribution is 6.06. The highest BCUT2D eigenvalue weighted by Gasteiger charge is 2.32. The van der Waals surface area contributed by atoms with Crippen molar-refractivity contribution in [3.8, 4) is 0 Å². The highest BCUT2D eigenvalue weighted by atomic mass is 19.4. The van der Waals surface area contributed by atoms with Gasteiger partial charge in [0.1, 0.15) is 0 Å². The lowest BCUT2D eigenvalue weighted by Gasteiger charge is -2.14. The van der Waals surface area contributed by atoms with Crippen molar-refractivity contribution >= 4 is 33.9 Å². The van der Waals surface area contributed by atoms with Crippen LogP contribution in [-0.4, -0.2) is 6.03 Å². The third-order valence-corrected chi connectivity index (χ3v) is 3.96. The van der Waals surface area contributed by atoms with Gasteiger partial charge in [0.15, 0.2) is 0 Å². The lowest BCUT2D eigenvalue weighted by atomic mass is 10.1. The first-order chi connectivity index (χ1) is 13.2. The zero-order valence-electron chi connectivity index (χ0n) is 15.8. The average Bonchev–Trinajstić information content (AvgIpc) is 2.64. The largest absolute Gasteiger partial charge is 0.416 e. The predicted octanol–water partition coefficient (Wildman–Crippen LogP) is 6.42. The first-order valence-electron chi connectivity index (χ1n) is 8.78. The van der Waals surface area contributed by atoms with Crippen LogP contribution in [0.15, 0.2) is 54.6 Å². The van der Waals surface area contributed by atoms with E-state index in [0.29, 0.717) is 11.4 Å². The third-order valence-electron chi connectivity index (χ3n) is 3.96. The Morgan fingerprint density at radius 1 is 0.964 bits per heavy atom. The fourth-order valence-corrected chi connectivity index (χ4v) is 2.69. The Balaban J connectivity index is 0.00000136. The van der Waals surface area contributed by atoms with E-state index in [-0.39, 0.29) is 11.3 Å². The molecular weight excluding hydrogens is 367 g/mol. The number of alkyl halides is 3. The molecule has 3 rings (SSSR count). The number of nitrogens with one attached hydrogen (secondary N) is 2. The standard InChI is InChI=1S/C19H16F3N3O.C2H6/c1-11-5-8-14(10-16(11)19(20,21)22)24-18(26)25-17-4-2-3-12-6-7-13(23)9-15(12)17;1-2/h2-10H,23H2,1H3,(H2,24,25,26);1-2H3. The van der Waals surface area contributed by atoms with Crippen LogP contribution in [0.4, 0.5) is 35.0 Å². The van der Waals surface area contributed by atoms with Crippen LogP contribution >= 0.6 is 0 Å². The van der Waals surface area contributed by atoms with Gasteiger partial charge in [0.2, 0.25) is 0 Å². The summed E-state index contributed by atoms with van der Waals surface area (Å²) in [6.45, 7) is 5.37. The maximum absolute atomic E-state index is 13.0. The van der Waals surface area contributed by atoms with Gasteiger partial charge in [-0.2, -0.15) is 13.2 Å². The summed E-state index contributed by atoms with van der Waals surface area (Å²) in [7, 11) is 0. The van der Waals surface area contributed by atoms with Crippen molar-refractivity contribution in [2.24, 2.45) is 0 Å². The number of fused-ring (bicyclic) bond motifs is 1. The van der Waals surface area contributed by atoms with Gasteiger partial charge in [0.25, 0.3) is 0 Å². The Bertz CT molecular complexity index is 984. The van der Waals surface area contributed by atoms with Crippen LogP contribution in [0.5, 0.6) is 0 Å². The van der Waals surface area contributed by atoms with Crippen LogP contribution in [0.1, 0.15) is 25.0 Å². The monoisotopic (exact) mass is 389 g/mol. The highest BCUT2D eigenvalue weighted by Crippen LogP contribution is 2.33. The summed E-state index contributed by atoms with van der Waals surface area (Å²) in [6.07, 6.45) is -4.48. The van der Waals surface area contributed by atoms with Crippen LogP contribution in [0.2, 0.25) is 0 Å². The topological polar surface area (TPSA) is 67.2 Å². The normalized spacial score (nSPS) is 10.8. The van der Waals surface area contributed by atoms with Crippen molar-refractivity contribution < 1.29 is 18.0 Å². The number of carbonyl (C=O) groups is 1. The van der Waals surface area contributed by atoms with Crippen molar-refractivity contribution in [2.75, 3.05) is 16.4 Å². The molecule has 3 aromatic rings. The Kier molecular flexibility index (Phi) is 6.51. The number of amides is 2. The Labute approximate surface area is 161 Å². The number of nitrogens with two attached hydrogens (primary N) is 1. The number of aryl methyl sites for hydroxylation is 1. The van der Waals surface area contributed by atoms with E-state index in [1.54, 1.807) is 24.3 Å². The van der Waals surface area contributed by atoms with Crippen molar-refractivity contribution in [1.82, 2.24) is 0 Å². The van der Waals surface area contributed by atoms with Gasteiger partial charge < -0.3 is 16.4 Å². The zero-order valence-corrected chi connectivity index (χ0v) is 15.8. The zero-order chi connectivity index (χ0) is 20.9. The minimum atomic E-state index is -4.48. The molecule has 7 heteroatoms. The van der Waals surface area contributed by atoms with Gasteiger partial charge in [0.05, 0.1) is 11.3 Å². The Morgan fingerprint density at radius 2 is 1.68 bits per heavy atom. The molecule has 4 N–H and O–H groups in total. The quantitative estimate of drug-likeness (QED) is 0.443. The van der Waals surface area contributed by atoms with E-state index in [1.165, 1.54) is 19.1 Å². The molecular formula is C21H22F3N3O. The van der Waals surface area contributed by atoms with Crippen molar-refractivity contribution in [1.29, 1.82) is 0 Å². The fraction of sp³-hybridized carbons (Fsp3) is 0.190. The number of urea groups is 1. The summed E-state index contributed by atoms with van der Waals surface area (Å²) in [5, 5.41) is 6.69. The van der Waals surface area contributed by atoms with Crippen LogP contribution in [0.25, 0.3) is 10.8 Å². The molecule has 3 aromatic carbocycles. The maximum atomic E-state index is 13.0. The number of rotatable bonds is 2. The average molecular weight is 389 g/mol. The SMILES string of the molecule is CC.Cc1ccc(NC(=O)Nc2cccc3ccc(N)cc23)cc1C(F)(F)F. The summed E-state index contributed by atoms with van der Waals surface area (Å²) in [5.41, 5.74) is 6.20. The van der Waals surface area contributed by atoms with Crippen molar-refractivity contribution in [2.45, 2.75) is 26.9 Å². The molecule has 0 unspecified atom stereocenters. The van der Waals surface area contributed by atoms with E-state index in [2.05, 4.69) is 10.6 Å². The van der Waals surface area contributed by atoms with Crippen molar-refractivity contribution in [3.05, 3.63) is 65.7 Å². The number of benzene rings is 3. The first-order valence-corrected chi connectivity index (χ1v) is 8.78. The van der Waals surface area contributed by atoms with Crippen molar-refractivity contribution in [3.63, 3.8) is 0 Å². The number of carbonyl (C=O) groups excluding carboxylic acids is 1. The lowest BCUT2D eigenvalue weighted by molar-refractivity contribution is -0.138. The molecule has 0 atom stereocenters. The van der Waals surface area contributed by atoms with E-state index >= 15 is 0 Å². The predicted molar refractivity (Wildman–Crippen MR) is 109 cm³/mol. The molecule has 0 bridgehead atoms. The molecule has 0 radical (unpaired) electrons. The molecule has 0 saturated carbocycles. The summed E-state index contributed by atoms with van der Waals surface area (Å²) in [6, 6.07) is 13.6. The summed E-state index contributed by atoms with van der Waals surface area (Å²) >= 11 is 0. The second kappa shape index (κ2) is 8.65. The van der Waals surface area contributed by atoms with Gasteiger partial charge in [-0.1, -0.05) is 38.1 Å². The Morgan fingerprint density at radius 3 is 2.36 bits per heavy atom. The summed E-state index contributed by atoms with van der Waals surface area (Å²) < 4.78 is 39.0. The molecule has 0 spiro atoms. The second-order valence-corrected chi connectivity index (χ2v) is 5.89. The molecule has 0 aliphatic rings. The molecule has 4 nitrogen and oxygen atoms in total. The van der Waals surface area contributed by atoms with Gasteiger partial charge in [-0.05, 0) is 48.2 Å². The van der Waals surface area contributed by atoms with E-state index in [0.717, 1.165) is 16.8 Å². The third kappa shape index (κ3) is 4.94. The van der Waals surface area contributed by atoms with Crippen LogP contribution in [0.3, 0.4) is 0 Å². The molecule has 0 aromatic heterocycles. The number of nitrogen functional groups attached to an aromatic ring is 1. The van der Waals surface area contributed by atoms with Gasteiger partial charge in [-0.15, -0.1) is 0 Å². The summed E-state index contributed by atoms with van der Waals surface area (Å²) in [4.78, 5) is 12.2. The van der Waals surface area contributed by atoms with Crippen LogP contribution < -0.4 is 16.4 Å². The van der Waals surface area contributed by atoms with Crippen LogP contribution in [0, 0.1) is 6.92 Å². The number of halogens is 3. The molecule has 0 aliphatic heterocycles. The van der Waals surface area contributed by atoms with Gasteiger partial charge in [-0.25, -0.2) is 4.79 Å². The van der Waals surface area contributed by atoms with Gasteiger partial charge in [0, 0.05) is 16.8 Å². The molecule has 0 saturated heterocycles. The first kappa shape index (κ1) is 21.1. The minimum Gasteiger partial charge on any atom is -0.399 e. The molecule has 28 heavy (non-hydrogen) atoms. The Hall–Kier alpha value is -3.22.